The number of carbonyl (C=O) groups excluding carboxylic acids is 3. The number of nitrogens with two attached hydrogens (primary N) is 1. The van der Waals surface area contributed by atoms with Crippen LogP contribution in [0, 0.1) is 6.92 Å². The number of aromatic nitrogens is 2. The molecule has 8 nitrogen and oxygen atoms in total. The number of thiophene rings is 1. The number of ether oxygens (including phenoxy) is 1. The lowest BCUT2D eigenvalue weighted by Gasteiger charge is -2.07. The number of alkyl halides is 3. The third kappa shape index (κ3) is 3.83. The molecule has 2 amide bonds. The van der Waals surface area contributed by atoms with E-state index in [9.17, 15) is 27.6 Å². The second kappa shape index (κ2) is 7.31. The zero-order chi connectivity index (χ0) is 20.7. The van der Waals surface area contributed by atoms with Crippen molar-refractivity contribution in [2.75, 3.05) is 12.4 Å². The molecule has 2 aromatic rings. The largest absolute Gasteiger partial charge is 0.465 e. The van der Waals surface area contributed by atoms with Crippen molar-refractivity contribution < 1.29 is 32.3 Å². The number of rotatable bonds is 4. The van der Waals surface area contributed by atoms with Gasteiger partial charge < -0.3 is 15.8 Å². The van der Waals surface area contributed by atoms with E-state index in [1.165, 1.54) is 6.92 Å². The van der Waals surface area contributed by atoms with E-state index in [0.717, 1.165) is 18.8 Å². The van der Waals surface area contributed by atoms with Gasteiger partial charge in [0.25, 0.3) is 11.8 Å². The number of carbonyl (C=O) groups is 3. The van der Waals surface area contributed by atoms with Crippen LogP contribution in [0.25, 0.3) is 0 Å². The number of halogens is 4. The summed E-state index contributed by atoms with van der Waals surface area (Å²) in [4.78, 5) is 36.0. The summed E-state index contributed by atoms with van der Waals surface area (Å²) in [6.07, 6.45) is -4.77. The predicted octanol–water partition coefficient (Wildman–Crippen LogP) is 2.71. The van der Waals surface area contributed by atoms with E-state index in [2.05, 4.69) is 31.1 Å². The molecule has 0 aromatic carbocycles. The highest BCUT2D eigenvalue weighted by molar-refractivity contribution is 9.10. The van der Waals surface area contributed by atoms with E-state index in [-0.39, 0.29) is 21.0 Å². The Bertz CT molecular complexity index is 951. The first-order valence-corrected chi connectivity index (χ1v) is 8.63. The summed E-state index contributed by atoms with van der Waals surface area (Å²) >= 11 is 3.44. The number of aryl methyl sites for hydroxylation is 1. The lowest BCUT2D eigenvalue weighted by molar-refractivity contribution is -0.142. The van der Waals surface area contributed by atoms with Crippen molar-refractivity contribution in [3.05, 3.63) is 31.9 Å². The number of anilines is 1. The lowest BCUT2D eigenvalue weighted by atomic mass is 10.1. The molecule has 0 aliphatic rings. The van der Waals surface area contributed by atoms with Crippen molar-refractivity contribution in [2.45, 2.75) is 13.1 Å². The summed E-state index contributed by atoms with van der Waals surface area (Å²) in [5, 5.41) is 5.52. The molecule has 0 fully saturated rings. The maximum atomic E-state index is 12.9. The minimum Gasteiger partial charge on any atom is -0.465 e. The van der Waals surface area contributed by atoms with Gasteiger partial charge in [-0.25, -0.2) is 4.79 Å². The SMILES string of the molecule is COC(=O)c1c(NC(=O)c2c(Br)c(C(F)(F)F)nn2C)sc(C(N)=O)c1C. The summed E-state index contributed by atoms with van der Waals surface area (Å²) in [6, 6.07) is 0. The monoisotopic (exact) mass is 468 g/mol. The topological polar surface area (TPSA) is 116 Å². The van der Waals surface area contributed by atoms with Crippen LogP contribution in [0.15, 0.2) is 4.47 Å². The van der Waals surface area contributed by atoms with Crippen LogP contribution in [0.1, 0.15) is 41.8 Å². The fraction of sp³-hybridized carbons (Fsp3) is 0.286. The average Bonchev–Trinajstić information content (AvgIpc) is 3.03. The van der Waals surface area contributed by atoms with Crippen LogP contribution < -0.4 is 11.1 Å². The van der Waals surface area contributed by atoms with Crippen molar-refractivity contribution in [1.82, 2.24) is 9.78 Å². The van der Waals surface area contributed by atoms with Gasteiger partial charge in [0, 0.05) is 7.05 Å². The molecule has 2 rings (SSSR count). The molecule has 0 aliphatic heterocycles. The molecule has 2 aromatic heterocycles. The Morgan fingerprint density at radius 2 is 1.93 bits per heavy atom. The van der Waals surface area contributed by atoms with Crippen LogP contribution in [-0.2, 0) is 18.0 Å². The zero-order valence-corrected chi connectivity index (χ0v) is 16.4. The third-order valence-corrected chi connectivity index (χ3v) is 5.43. The number of nitrogens with one attached hydrogen (secondary N) is 1. The Hall–Kier alpha value is -2.41. The molecule has 2 heterocycles. The van der Waals surface area contributed by atoms with Crippen molar-refractivity contribution in [2.24, 2.45) is 12.8 Å². The van der Waals surface area contributed by atoms with Gasteiger partial charge in [-0.15, -0.1) is 11.3 Å². The van der Waals surface area contributed by atoms with E-state index in [4.69, 9.17) is 5.73 Å². The van der Waals surface area contributed by atoms with Crippen molar-refractivity contribution in [3.8, 4) is 0 Å². The number of nitrogens with zero attached hydrogens (tertiary/aromatic N) is 2. The highest BCUT2D eigenvalue weighted by Gasteiger charge is 2.39. The van der Waals surface area contributed by atoms with Crippen molar-refractivity contribution in [1.29, 1.82) is 0 Å². The van der Waals surface area contributed by atoms with Gasteiger partial charge in [-0.05, 0) is 28.4 Å². The molecule has 146 valence electrons. The van der Waals surface area contributed by atoms with Crippen LogP contribution >= 0.6 is 27.3 Å². The van der Waals surface area contributed by atoms with E-state index in [0.29, 0.717) is 11.3 Å². The highest BCUT2D eigenvalue weighted by atomic mass is 79.9. The summed E-state index contributed by atoms with van der Waals surface area (Å²) in [6.45, 7) is 1.43. The Balaban J connectivity index is 2.51. The van der Waals surface area contributed by atoms with Crippen LogP contribution in [0.5, 0.6) is 0 Å². The molecule has 0 aliphatic carbocycles. The highest BCUT2D eigenvalue weighted by Crippen LogP contribution is 2.37. The van der Waals surface area contributed by atoms with Gasteiger partial charge in [0.1, 0.15) is 10.7 Å². The lowest BCUT2D eigenvalue weighted by Crippen LogP contribution is -2.18. The molecule has 3 N–H and O–H groups in total. The van der Waals surface area contributed by atoms with Crippen molar-refractivity contribution >= 4 is 50.1 Å². The summed E-state index contributed by atoms with van der Waals surface area (Å²) < 4.78 is 43.6. The molecule has 0 atom stereocenters. The van der Waals surface area contributed by atoms with Gasteiger partial charge in [-0.3, -0.25) is 14.3 Å². The van der Waals surface area contributed by atoms with Gasteiger partial charge in [0.2, 0.25) is 0 Å². The molecular formula is C14H12BrF3N4O4S. The number of esters is 1. The van der Waals surface area contributed by atoms with E-state index in [1.54, 1.807) is 0 Å². The zero-order valence-electron chi connectivity index (χ0n) is 14.0. The fourth-order valence-corrected chi connectivity index (χ4v) is 4.06. The van der Waals surface area contributed by atoms with Crippen LogP contribution in [0.3, 0.4) is 0 Å². The second-order valence-corrected chi connectivity index (χ2v) is 7.02. The molecule has 0 radical (unpaired) electrons. The maximum absolute atomic E-state index is 12.9. The standard InChI is InChI=1S/C14H12BrF3N4O4S/c1-4-5(13(25)26-3)12(27-8(4)10(19)23)20-11(24)7-6(15)9(14(16,17)18)21-22(7)2/h1-3H3,(H2,19,23)(H,20,24). The van der Waals surface area contributed by atoms with Crippen LogP contribution in [0.4, 0.5) is 18.2 Å². The van der Waals surface area contributed by atoms with Crippen LogP contribution in [-0.4, -0.2) is 34.7 Å². The first-order chi connectivity index (χ1) is 12.4. The summed E-state index contributed by atoms with van der Waals surface area (Å²) in [7, 11) is 2.26. The minimum absolute atomic E-state index is 0.00533. The average molecular weight is 469 g/mol. The van der Waals surface area contributed by atoms with Gasteiger partial charge in [0.05, 0.1) is 22.0 Å². The molecule has 0 spiro atoms. The third-order valence-electron chi connectivity index (χ3n) is 3.46. The molecule has 0 saturated heterocycles. The summed E-state index contributed by atoms with van der Waals surface area (Å²) in [5.41, 5.74) is 3.62. The molecule has 0 unspecified atom stereocenters. The Labute approximate surface area is 162 Å². The second-order valence-electron chi connectivity index (χ2n) is 5.20. The maximum Gasteiger partial charge on any atom is 0.436 e. The molecule has 13 heteroatoms. The number of methoxy groups -OCH3 is 1. The van der Waals surface area contributed by atoms with E-state index < -0.39 is 39.8 Å². The molecule has 0 saturated carbocycles. The first kappa shape index (κ1) is 20.9. The molecule has 27 heavy (non-hydrogen) atoms. The van der Waals surface area contributed by atoms with Gasteiger partial charge in [-0.1, -0.05) is 0 Å². The molecular weight excluding hydrogens is 457 g/mol. The normalized spacial score (nSPS) is 11.4. The Morgan fingerprint density at radius 3 is 2.37 bits per heavy atom. The summed E-state index contributed by atoms with van der Waals surface area (Å²) in [5.74, 6) is -2.65. The number of amides is 2. The Kier molecular flexibility index (Phi) is 5.65. The predicted molar refractivity (Wildman–Crippen MR) is 92.8 cm³/mol. The van der Waals surface area contributed by atoms with E-state index in [1.807, 2.05) is 0 Å². The van der Waals surface area contributed by atoms with Gasteiger partial charge >= 0.3 is 12.1 Å². The van der Waals surface area contributed by atoms with Crippen LogP contribution in [0.2, 0.25) is 0 Å². The smallest absolute Gasteiger partial charge is 0.436 e. The van der Waals surface area contributed by atoms with E-state index >= 15 is 0 Å². The molecule has 0 bridgehead atoms. The van der Waals surface area contributed by atoms with Gasteiger partial charge in [-0.2, -0.15) is 18.3 Å². The Morgan fingerprint density at radius 1 is 1.33 bits per heavy atom. The first-order valence-electron chi connectivity index (χ1n) is 7.02. The fourth-order valence-electron chi connectivity index (χ4n) is 2.27. The van der Waals surface area contributed by atoms with Crippen molar-refractivity contribution in [3.63, 3.8) is 0 Å². The number of hydrogen-bond donors (Lipinski definition) is 2. The van der Waals surface area contributed by atoms with Gasteiger partial charge in [0.15, 0.2) is 5.69 Å². The minimum atomic E-state index is -4.77. The quantitative estimate of drug-likeness (QED) is 0.669. The number of primary amides is 1. The number of hydrogen-bond acceptors (Lipinski definition) is 6.